The van der Waals surface area contributed by atoms with Crippen molar-refractivity contribution < 1.29 is 0 Å². The molecule has 0 fully saturated rings. The zero-order chi connectivity index (χ0) is 14.9. The number of nitrogens with zero attached hydrogens (tertiary/aromatic N) is 4. The lowest BCUT2D eigenvalue weighted by Crippen LogP contribution is -2.03. The average molecular weight is 308 g/mol. The van der Waals surface area contributed by atoms with Crippen molar-refractivity contribution in [2.45, 2.75) is 6.42 Å². The highest BCUT2D eigenvalue weighted by atomic mass is 32.1. The third-order valence-electron chi connectivity index (χ3n) is 3.39. The van der Waals surface area contributed by atoms with Crippen LogP contribution in [-0.2, 0) is 6.42 Å². The Morgan fingerprint density at radius 1 is 1.09 bits per heavy atom. The second kappa shape index (κ2) is 5.19. The van der Waals surface area contributed by atoms with Crippen LogP contribution < -0.4 is 0 Å². The van der Waals surface area contributed by atoms with E-state index >= 15 is 0 Å². The van der Waals surface area contributed by atoms with Gasteiger partial charge in [-0.3, -0.25) is 9.67 Å². The Morgan fingerprint density at radius 2 is 1.95 bits per heavy atom. The molecule has 4 aromatic rings. The predicted octanol–water partition coefficient (Wildman–Crippen LogP) is 2.79. The summed E-state index contributed by atoms with van der Waals surface area (Å²) in [6.07, 6.45) is 2.27. The van der Waals surface area contributed by atoms with Gasteiger partial charge in [0.1, 0.15) is 11.6 Å². The molecule has 0 aliphatic heterocycles. The SMILES string of the molecule is S=c1[nH]nc(Cc2nc3ncccc3[nH]2)n1-c1ccccc1. The molecule has 7 heteroatoms. The van der Waals surface area contributed by atoms with Crippen LogP contribution in [0.3, 0.4) is 0 Å². The molecule has 0 amide bonds. The molecule has 0 atom stereocenters. The second-order valence-electron chi connectivity index (χ2n) is 4.85. The zero-order valence-electron chi connectivity index (χ0n) is 11.5. The topological polar surface area (TPSA) is 75.2 Å². The van der Waals surface area contributed by atoms with Crippen molar-refractivity contribution >= 4 is 23.4 Å². The highest BCUT2D eigenvalue weighted by Gasteiger charge is 2.11. The number of pyridine rings is 1. The van der Waals surface area contributed by atoms with Crippen LogP contribution in [0.15, 0.2) is 48.7 Å². The second-order valence-corrected chi connectivity index (χ2v) is 5.24. The van der Waals surface area contributed by atoms with Crippen LogP contribution in [0.2, 0.25) is 0 Å². The summed E-state index contributed by atoms with van der Waals surface area (Å²) in [6, 6.07) is 13.7. The van der Waals surface area contributed by atoms with E-state index in [1.54, 1.807) is 6.20 Å². The van der Waals surface area contributed by atoms with E-state index in [2.05, 4.69) is 25.1 Å². The molecule has 4 rings (SSSR count). The number of benzene rings is 1. The molecule has 3 heterocycles. The number of aromatic amines is 2. The van der Waals surface area contributed by atoms with E-state index in [1.807, 2.05) is 47.0 Å². The van der Waals surface area contributed by atoms with Gasteiger partial charge in [-0.25, -0.2) is 9.97 Å². The highest BCUT2D eigenvalue weighted by molar-refractivity contribution is 7.71. The van der Waals surface area contributed by atoms with Crippen LogP contribution in [-0.4, -0.2) is 29.7 Å². The minimum Gasteiger partial charge on any atom is -0.340 e. The van der Waals surface area contributed by atoms with Crippen molar-refractivity contribution in [3.63, 3.8) is 0 Å². The monoisotopic (exact) mass is 308 g/mol. The van der Waals surface area contributed by atoms with Crippen LogP contribution in [0.25, 0.3) is 16.9 Å². The molecular weight excluding hydrogens is 296 g/mol. The zero-order valence-corrected chi connectivity index (χ0v) is 12.3. The Labute approximate surface area is 130 Å². The largest absolute Gasteiger partial charge is 0.340 e. The van der Waals surface area contributed by atoms with Crippen molar-refractivity contribution in [1.29, 1.82) is 0 Å². The van der Waals surface area contributed by atoms with Gasteiger partial charge >= 0.3 is 0 Å². The Hall–Kier alpha value is -2.80. The lowest BCUT2D eigenvalue weighted by atomic mass is 10.3. The number of para-hydroxylation sites is 1. The highest BCUT2D eigenvalue weighted by Crippen LogP contribution is 2.14. The molecule has 0 saturated carbocycles. The van der Waals surface area contributed by atoms with E-state index in [1.165, 1.54) is 0 Å². The van der Waals surface area contributed by atoms with E-state index in [9.17, 15) is 0 Å². The summed E-state index contributed by atoms with van der Waals surface area (Å²) in [4.78, 5) is 12.0. The first-order valence-corrected chi connectivity index (χ1v) is 7.23. The Kier molecular flexibility index (Phi) is 3.05. The first-order valence-electron chi connectivity index (χ1n) is 6.82. The molecule has 3 aromatic heterocycles. The summed E-state index contributed by atoms with van der Waals surface area (Å²) >= 11 is 5.34. The maximum Gasteiger partial charge on any atom is 0.199 e. The standard InChI is InChI=1S/C15H12N6S/c22-15-20-19-13(21(15)10-5-2-1-3-6-10)9-12-17-11-7-4-8-16-14(11)18-12/h1-8H,9H2,(H,20,22)(H,16,17,18). The van der Waals surface area contributed by atoms with Gasteiger partial charge < -0.3 is 4.98 Å². The molecule has 6 nitrogen and oxygen atoms in total. The van der Waals surface area contributed by atoms with Crippen molar-refractivity contribution in [3.8, 4) is 5.69 Å². The van der Waals surface area contributed by atoms with Crippen LogP contribution >= 0.6 is 12.2 Å². The number of H-pyrrole nitrogens is 2. The number of aromatic nitrogens is 6. The number of rotatable bonds is 3. The molecule has 0 aliphatic carbocycles. The Bertz CT molecular complexity index is 949. The number of hydrogen-bond acceptors (Lipinski definition) is 4. The van der Waals surface area contributed by atoms with Crippen molar-refractivity contribution in [2.75, 3.05) is 0 Å². The summed E-state index contributed by atoms with van der Waals surface area (Å²) in [6.45, 7) is 0. The average Bonchev–Trinajstić information content (AvgIpc) is 3.11. The molecule has 0 radical (unpaired) electrons. The predicted molar refractivity (Wildman–Crippen MR) is 85.4 cm³/mol. The van der Waals surface area contributed by atoms with Crippen LogP contribution in [0.1, 0.15) is 11.6 Å². The molecule has 1 aromatic carbocycles. The summed E-state index contributed by atoms with van der Waals surface area (Å²) < 4.78 is 2.48. The lowest BCUT2D eigenvalue weighted by Gasteiger charge is -2.05. The summed E-state index contributed by atoms with van der Waals surface area (Å²) in [7, 11) is 0. The van der Waals surface area contributed by atoms with Crippen LogP contribution in [0.5, 0.6) is 0 Å². The summed E-state index contributed by atoms with van der Waals surface area (Å²) in [5.41, 5.74) is 2.60. The number of hydrogen-bond donors (Lipinski definition) is 2. The van der Waals surface area contributed by atoms with Gasteiger partial charge in [0.2, 0.25) is 0 Å². The third-order valence-corrected chi connectivity index (χ3v) is 3.66. The van der Waals surface area contributed by atoms with E-state index < -0.39 is 0 Å². The normalized spacial score (nSPS) is 11.1. The van der Waals surface area contributed by atoms with Crippen molar-refractivity contribution in [2.24, 2.45) is 0 Å². The molecule has 0 aliphatic rings. The lowest BCUT2D eigenvalue weighted by molar-refractivity contribution is 0.868. The molecule has 0 bridgehead atoms. The molecule has 0 unspecified atom stereocenters. The molecular formula is C15H12N6S. The number of imidazole rings is 1. The van der Waals surface area contributed by atoms with Gasteiger partial charge in [0.15, 0.2) is 10.4 Å². The van der Waals surface area contributed by atoms with Gasteiger partial charge in [-0.1, -0.05) is 18.2 Å². The minimum absolute atomic E-state index is 0.540. The molecule has 0 saturated heterocycles. The maximum atomic E-state index is 5.34. The number of fused-ring (bicyclic) bond motifs is 1. The van der Waals surface area contributed by atoms with Crippen molar-refractivity contribution in [3.05, 3.63) is 65.1 Å². The van der Waals surface area contributed by atoms with Gasteiger partial charge in [-0.05, 0) is 36.5 Å². The molecule has 2 N–H and O–H groups in total. The van der Waals surface area contributed by atoms with Crippen LogP contribution in [0, 0.1) is 4.77 Å². The third kappa shape index (κ3) is 2.21. The Balaban J connectivity index is 1.76. The fourth-order valence-electron chi connectivity index (χ4n) is 2.42. The fourth-order valence-corrected chi connectivity index (χ4v) is 2.68. The van der Waals surface area contributed by atoms with Crippen molar-refractivity contribution in [1.82, 2.24) is 29.7 Å². The van der Waals surface area contributed by atoms with Gasteiger partial charge in [0.25, 0.3) is 0 Å². The number of nitrogens with one attached hydrogen (secondary N) is 2. The minimum atomic E-state index is 0.540. The first kappa shape index (κ1) is 12.9. The Morgan fingerprint density at radius 3 is 2.77 bits per heavy atom. The van der Waals surface area contributed by atoms with Gasteiger partial charge in [0, 0.05) is 11.9 Å². The molecule has 22 heavy (non-hydrogen) atoms. The molecule has 108 valence electrons. The molecule has 0 spiro atoms. The van der Waals surface area contributed by atoms with Gasteiger partial charge in [-0.2, -0.15) is 5.10 Å². The smallest absolute Gasteiger partial charge is 0.199 e. The van der Waals surface area contributed by atoms with E-state index in [0.717, 1.165) is 22.9 Å². The summed E-state index contributed by atoms with van der Waals surface area (Å²) in [5.74, 6) is 1.61. The van der Waals surface area contributed by atoms with Gasteiger partial charge in [0.05, 0.1) is 11.9 Å². The van der Waals surface area contributed by atoms with E-state index in [4.69, 9.17) is 12.2 Å². The van der Waals surface area contributed by atoms with E-state index in [0.29, 0.717) is 16.8 Å². The van der Waals surface area contributed by atoms with E-state index in [-0.39, 0.29) is 0 Å². The van der Waals surface area contributed by atoms with Gasteiger partial charge in [-0.15, -0.1) is 0 Å². The maximum absolute atomic E-state index is 5.34. The fraction of sp³-hybridized carbons (Fsp3) is 0.0667. The quantitative estimate of drug-likeness (QED) is 0.571. The first-order chi connectivity index (χ1) is 10.8. The summed E-state index contributed by atoms with van der Waals surface area (Å²) in [5, 5.41) is 7.17. The van der Waals surface area contributed by atoms with Crippen LogP contribution in [0.4, 0.5) is 0 Å².